The molecule has 2 amide bonds. The quantitative estimate of drug-likeness (QED) is 0.544. The number of amides is 2. The second kappa shape index (κ2) is 9.45. The van der Waals surface area contributed by atoms with E-state index in [9.17, 15) is 19.7 Å². The molecule has 1 saturated heterocycles. The van der Waals surface area contributed by atoms with Crippen molar-refractivity contribution in [2.24, 2.45) is 0 Å². The molecule has 31 heavy (non-hydrogen) atoms. The van der Waals surface area contributed by atoms with Gasteiger partial charge in [0.2, 0.25) is 11.8 Å². The topological polar surface area (TPSA) is 95.8 Å². The summed E-state index contributed by atoms with van der Waals surface area (Å²) in [5, 5.41) is 13.7. The molecule has 0 spiro atoms. The van der Waals surface area contributed by atoms with Crippen molar-refractivity contribution in [2.45, 2.75) is 19.3 Å². The fourth-order valence-corrected chi connectivity index (χ4v) is 3.80. The molecule has 0 aliphatic carbocycles. The molecule has 0 atom stereocenters. The number of hydrogen-bond acceptors (Lipinski definition) is 5. The zero-order chi connectivity index (χ0) is 22.6. The summed E-state index contributed by atoms with van der Waals surface area (Å²) in [6, 6.07) is 13.8. The minimum atomic E-state index is -0.621. The molecule has 1 aliphatic heterocycles. The zero-order valence-corrected chi connectivity index (χ0v) is 18.3. The van der Waals surface area contributed by atoms with Crippen molar-refractivity contribution in [3.63, 3.8) is 0 Å². The summed E-state index contributed by atoms with van der Waals surface area (Å²) in [6.07, 6.45) is 0. The third-order valence-corrected chi connectivity index (χ3v) is 5.80. The maximum Gasteiger partial charge on any atom is 0.289 e. The molecule has 0 aromatic heterocycles. The predicted molar refractivity (Wildman–Crippen MR) is 119 cm³/mol. The van der Waals surface area contributed by atoms with Crippen LogP contribution in [0.1, 0.15) is 19.4 Å². The Morgan fingerprint density at radius 1 is 1.10 bits per heavy atom. The fourth-order valence-electron chi connectivity index (χ4n) is 3.62. The molecule has 1 fully saturated rings. The van der Waals surface area contributed by atoms with Gasteiger partial charge in [0.25, 0.3) is 5.69 Å². The van der Waals surface area contributed by atoms with Gasteiger partial charge in [-0.2, -0.15) is 0 Å². The lowest BCUT2D eigenvalue weighted by molar-refractivity contribution is -0.384. The molecular formula is C22H25ClN4O4. The van der Waals surface area contributed by atoms with Gasteiger partial charge in [0, 0.05) is 37.9 Å². The van der Waals surface area contributed by atoms with Gasteiger partial charge in [-0.15, -0.1) is 0 Å². The van der Waals surface area contributed by atoms with Crippen LogP contribution in [0.5, 0.6) is 0 Å². The third kappa shape index (κ3) is 5.39. The highest BCUT2D eigenvalue weighted by molar-refractivity contribution is 6.32. The average Bonchev–Trinajstić information content (AvgIpc) is 2.75. The van der Waals surface area contributed by atoms with Crippen LogP contribution in [0.3, 0.4) is 0 Å². The molecule has 2 aromatic rings. The van der Waals surface area contributed by atoms with Crippen molar-refractivity contribution >= 4 is 34.8 Å². The number of nitrogens with one attached hydrogen (secondary N) is 1. The van der Waals surface area contributed by atoms with E-state index >= 15 is 0 Å². The van der Waals surface area contributed by atoms with E-state index < -0.39 is 10.3 Å². The monoisotopic (exact) mass is 444 g/mol. The number of piperazine rings is 1. The molecule has 0 bridgehead atoms. The number of nitro groups is 1. The van der Waals surface area contributed by atoms with E-state index in [1.165, 1.54) is 18.2 Å². The van der Waals surface area contributed by atoms with Crippen LogP contribution in [0.4, 0.5) is 11.4 Å². The van der Waals surface area contributed by atoms with Crippen LogP contribution in [-0.4, -0.2) is 59.3 Å². The van der Waals surface area contributed by atoms with Gasteiger partial charge < -0.3 is 10.2 Å². The Bertz CT molecular complexity index is 973. The molecule has 1 heterocycles. The standard InChI is InChI=1S/C22H25ClN4O4/c1-22(2,16-6-4-3-5-7-16)21(29)26-12-10-25(11-13-26)15-20(28)24-17-8-9-18(23)19(14-17)27(30)31/h3-9,14H,10-13,15H2,1-2H3,(H,24,28). The third-order valence-electron chi connectivity index (χ3n) is 5.48. The Balaban J connectivity index is 1.53. The van der Waals surface area contributed by atoms with Gasteiger partial charge in [-0.1, -0.05) is 41.9 Å². The Kier molecular flexibility index (Phi) is 6.92. The van der Waals surface area contributed by atoms with E-state index in [2.05, 4.69) is 5.32 Å². The number of carbonyl (C=O) groups excluding carboxylic acids is 2. The van der Waals surface area contributed by atoms with Crippen molar-refractivity contribution in [1.82, 2.24) is 9.80 Å². The summed E-state index contributed by atoms with van der Waals surface area (Å²) in [5.74, 6) is -0.211. The Morgan fingerprint density at radius 3 is 2.35 bits per heavy atom. The minimum absolute atomic E-state index is 0.0159. The lowest BCUT2D eigenvalue weighted by atomic mass is 9.83. The first-order valence-corrected chi connectivity index (χ1v) is 10.4. The van der Waals surface area contributed by atoms with Gasteiger partial charge in [-0.3, -0.25) is 24.6 Å². The maximum atomic E-state index is 13.1. The van der Waals surface area contributed by atoms with E-state index in [4.69, 9.17) is 11.6 Å². The first kappa shape index (κ1) is 22.7. The second-order valence-corrected chi connectivity index (χ2v) is 8.44. The number of halogens is 1. The van der Waals surface area contributed by atoms with Gasteiger partial charge in [-0.25, -0.2) is 0 Å². The van der Waals surface area contributed by atoms with Crippen molar-refractivity contribution in [2.75, 3.05) is 38.0 Å². The summed E-state index contributed by atoms with van der Waals surface area (Å²) in [6.45, 7) is 6.21. The lowest BCUT2D eigenvalue weighted by Crippen LogP contribution is -2.54. The number of hydrogen-bond donors (Lipinski definition) is 1. The number of carbonyl (C=O) groups is 2. The van der Waals surface area contributed by atoms with Crippen molar-refractivity contribution in [3.05, 3.63) is 69.2 Å². The largest absolute Gasteiger partial charge is 0.339 e. The lowest BCUT2D eigenvalue weighted by Gasteiger charge is -2.38. The summed E-state index contributed by atoms with van der Waals surface area (Å²) in [4.78, 5) is 39.6. The molecule has 3 rings (SSSR count). The van der Waals surface area contributed by atoms with E-state index in [1.807, 2.05) is 54.0 Å². The predicted octanol–water partition coefficient (Wildman–Crippen LogP) is 3.31. The van der Waals surface area contributed by atoms with Crippen LogP contribution in [0.25, 0.3) is 0 Å². The second-order valence-electron chi connectivity index (χ2n) is 8.03. The molecule has 9 heteroatoms. The van der Waals surface area contributed by atoms with Gasteiger partial charge in [0.05, 0.1) is 16.9 Å². The minimum Gasteiger partial charge on any atom is -0.339 e. The smallest absolute Gasteiger partial charge is 0.289 e. The first-order chi connectivity index (χ1) is 14.7. The van der Waals surface area contributed by atoms with E-state index in [1.54, 1.807) is 0 Å². The Labute approximate surface area is 185 Å². The molecular weight excluding hydrogens is 420 g/mol. The van der Waals surface area contributed by atoms with Crippen LogP contribution in [-0.2, 0) is 15.0 Å². The highest BCUT2D eigenvalue weighted by Gasteiger charge is 2.35. The zero-order valence-electron chi connectivity index (χ0n) is 17.5. The maximum absolute atomic E-state index is 13.1. The molecule has 2 aromatic carbocycles. The fraction of sp³-hybridized carbons (Fsp3) is 0.364. The van der Waals surface area contributed by atoms with Crippen LogP contribution >= 0.6 is 11.6 Å². The van der Waals surface area contributed by atoms with Crippen LogP contribution < -0.4 is 5.32 Å². The van der Waals surface area contributed by atoms with Gasteiger partial charge >= 0.3 is 0 Å². The van der Waals surface area contributed by atoms with E-state index in [0.29, 0.717) is 31.9 Å². The molecule has 1 aliphatic rings. The van der Waals surface area contributed by atoms with Gasteiger partial charge in [-0.05, 0) is 31.5 Å². The van der Waals surface area contributed by atoms with Crippen molar-refractivity contribution < 1.29 is 14.5 Å². The number of nitrogens with zero attached hydrogens (tertiary/aromatic N) is 3. The molecule has 164 valence electrons. The Morgan fingerprint density at radius 2 is 1.74 bits per heavy atom. The van der Waals surface area contributed by atoms with Crippen LogP contribution in [0.2, 0.25) is 5.02 Å². The summed E-state index contributed by atoms with van der Waals surface area (Å²) in [7, 11) is 0. The number of benzene rings is 2. The molecule has 0 saturated carbocycles. The summed E-state index contributed by atoms with van der Waals surface area (Å²) in [5.41, 5.74) is 0.412. The van der Waals surface area contributed by atoms with Crippen LogP contribution in [0, 0.1) is 10.1 Å². The molecule has 0 unspecified atom stereocenters. The molecule has 0 radical (unpaired) electrons. The number of anilines is 1. The number of nitro benzene ring substituents is 1. The highest BCUT2D eigenvalue weighted by atomic mass is 35.5. The Hall–Kier alpha value is -2.97. The van der Waals surface area contributed by atoms with Crippen molar-refractivity contribution in [1.29, 1.82) is 0 Å². The van der Waals surface area contributed by atoms with E-state index in [-0.39, 0.29) is 29.1 Å². The first-order valence-electron chi connectivity index (χ1n) is 9.99. The van der Waals surface area contributed by atoms with Gasteiger partial charge in [0.1, 0.15) is 5.02 Å². The number of rotatable bonds is 6. The van der Waals surface area contributed by atoms with Crippen molar-refractivity contribution in [3.8, 4) is 0 Å². The van der Waals surface area contributed by atoms with Gasteiger partial charge in [0.15, 0.2) is 0 Å². The molecule has 8 nitrogen and oxygen atoms in total. The van der Waals surface area contributed by atoms with E-state index in [0.717, 1.165) is 5.56 Å². The van der Waals surface area contributed by atoms with Crippen LogP contribution in [0.15, 0.2) is 48.5 Å². The summed E-state index contributed by atoms with van der Waals surface area (Å²) >= 11 is 5.80. The normalized spacial score (nSPS) is 14.9. The summed E-state index contributed by atoms with van der Waals surface area (Å²) < 4.78 is 0. The average molecular weight is 445 g/mol. The SMILES string of the molecule is CC(C)(C(=O)N1CCN(CC(=O)Nc2ccc(Cl)c([N+](=O)[O-])c2)CC1)c1ccccc1. The highest BCUT2D eigenvalue weighted by Crippen LogP contribution is 2.28. The molecule has 1 N–H and O–H groups in total.